The van der Waals surface area contributed by atoms with Gasteiger partial charge in [0.2, 0.25) is 0 Å². The van der Waals surface area contributed by atoms with Gasteiger partial charge in [-0.2, -0.15) is 0 Å². The van der Waals surface area contributed by atoms with E-state index in [1.165, 1.54) is 0 Å². The molecule has 7 heteroatoms. The van der Waals surface area contributed by atoms with E-state index in [0.717, 1.165) is 18.2 Å². The summed E-state index contributed by atoms with van der Waals surface area (Å²) < 4.78 is 37.4. The van der Waals surface area contributed by atoms with E-state index in [-0.39, 0.29) is 11.3 Å². The highest BCUT2D eigenvalue weighted by molar-refractivity contribution is 7.91. The van der Waals surface area contributed by atoms with Crippen LogP contribution >= 0.6 is 0 Å². The molecule has 19 heavy (non-hydrogen) atoms. The van der Waals surface area contributed by atoms with E-state index in [4.69, 9.17) is 5.11 Å². The molecular formula is C12H16FNO4S. The molecule has 1 aromatic rings. The fourth-order valence-corrected chi connectivity index (χ4v) is 2.96. The van der Waals surface area contributed by atoms with Crippen molar-refractivity contribution in [1.82, 2.24) is 4.90 Å². The lowest BCUT2D eigenvalue weighted by Crippen LogP contribution is -2.18. The van der Waals surface area contributed by atoms with Gasteiger partial charge in [-0.25, -0.2) is 17.6 Å². The van der Waals surface area contributed by atoms with Crippen molar-refractivity contribution in [3.63, 3.8) is 0 Å². The number of carbonyl (C=O) groups is 1. The van der Waals surface area contributed by atoms with Gasteiger partial charge in [0.15, 0.2) is 9.84 Å². The van der Waals surface area contributed by atoms with Gasteiger partial charge in [-0.05, 0) is 45.3 Å². The van der Waals surface area contributed by atoms with Crippen LogP contribution in [0.1, 0.15) is 16.8 Å². The van der Waals surface area contributed by atoms with Crippen LogP contribution in [0, 0.1) is 5.82 Å². The van der Waals surface area contributed by atoms with Crippen molar-refractivity contribution in [2.75, 3.05) is 26.4 Å². The Morgan fingerprint density at radius 3 is 2.53 bits per heavy atom. The molecule has 0 heterocycles. The van der Waals surface area contributed by atoms with Crippen molar-refractivity contribution in [3.05, 3.63) is 29.6 Å². The molecule has 0 spiro atoms. The number of sulfone groups is 1. The van der Waals surface area contributed by atoms with Crippen LogP contribution in [0.3, 0.4) is 0 Å². The maximum atomic E-state index is 13.5. The minimum atomic E-state index is -3.81. The largest absolute Gasteiger partial charge is 0.478 e. The summed E-state index contributed by atoms with van der Waals surface area (Å²) in [5, 5.41) is 8.79. The van der Waals surface area contributed by atoms with E-state index in [9.17, 15) is 17.6 Å². The van der Waals surface area contributed by atoms with Crippen molar-refractivity contribution in [3.8, 4) is 0 Å². The Labute approximate surface area is 111 Å². The molecule has 0 aliphatic heterocycles. The highest BCUT2D eigenvalue weighted by Crippen LogP contribution is 2.18. The summed E-state index contributed by atoms with van der Waals surface area (Å²) in [6.07, 6.45) is 0.353. The number of halogens is 1. The number of aromatic carboxylic acids is 1. The zero-order valence-corrected chi connectivity index (χ0v) is 11.6. The quantitative estimate of drug-likeness (QED) is 0.853. The lowest BCUT2D eigenvalue weighted by Gasteiger charge is -2.10. The molecule has 0 aromatic heterocycles. The molecule has 0 radical (unpaired) electrons. The van der Waals surface area contributed by atoms with Crippen LogP contribution in [0.2, 0.25) is 0 Å². The second-order valence-electron chi connectivity index (χ2n) is 4.43. The van der Waals surface area contributed by atoms with Gasteiger partial charge in [0, 0.05) is 0 Å². The zero-order valence-electron chi connectivity index (χ0n) is 10.8. The number of carboxylic acid groups (broad SMARTS) is 1. The van der Waals surface area contributed by atoms with E-state index in [1.807, 2.05) is 4.90 Å². The van der Waals surface area contributed by atoms with Gasteiger partial charge in [-0.1, -0.05) is 0 Å². The third-order valence-corrected chi connectivity index (χ3v) is 4.34. The molecule has 0 saturated carbocycles. The van der Waals surface area contributed by atoms with Gasteiger partial charge in [0.1, 0.15) is 10.7 Å². The summed E-state index contributed by atoms with van der Waals surface area (Å²) in [5.74, 6) is -2.43. The van der Waals surface area contributed by atoms with Crippen LogP contribution in [-0.4, -0.2) is 50.8 Å². The van der Waals surface area contributed by atoms with Crippen LogP contribution < -0.4 is 0 Å². The molecule has 1 N–H and O–H groups in total. The van der Waals surface area contributed by atoms with Crippen molar-refractivity contribution < 1.29 is 22.7 Å². The standard InChI is InChI=1S/C12H16FNO4S/c1-14(2)6-3-7-19(17,18)11-8-9(12(15)16)4-5-10(11)13/h4-5,8H,3,6-7H2,1-2H3,(H,15,16). The molecule has 1 rings (SSSR count). The monoisotopic (exact) mass is 289 g/mol. The summed E-state index contributed by atoms with van der Waals surface area (Å²) in [4.78, 5) is 12.0. The van der Waals surface area contributed by atoms with Gasteiger partial charge in [-0.3, -0.25) is 0 Å². The second-order valence-corrected chi connectivity index (χ2v) is 6.50. The van der Waals surface area contributed by atoms with Crippen molar-refractivity contribution >= 4 is 15.8 Å². The molecule has 0 amide bonds. The first-order valence-corrected chi connectivity index (χ1v) is 7.29. The predicted octanol–water partition coefficient (Wildman–Crippen LogP) is 1.25. The molecule has 0 saturated heterocycles. The number of nitrogens with zero attached hydrogens (tertiary/aromatic N) is 1. The van der Waals surface area contributed by atoms with Crippen LogP contribution in [0.25, 0.3) is 0 Å². The minimum absolute atomic E-state index is 0.217. The first-order valence-electron chi connectivity index (χ1n) is 5.64. The third-order valence-electron chi connectivity index (χ3n) is 2.53. The van der Waals surface area contributed by atoms with E-state index < -0.39 is 26.5 Å². The summed E-state index contributed by atoms with van der Waals surface area (Å²) in [5.41, 5.74) is -0.243. The Hall–Kier alpha value is -1.47. The first kappa shape index (κ1) is 15.6. The first-order chi connectivity index (χ1) is 8.74. The average Bonchev–Trinajstić information content (AvgIpc) is 2.28. The summed E-state index contributed by atoms with van der Waals surface area (Å²) >= 11 is 0. The third kappa shape index (κ3) is 4.29. The Bertz CT molecular complexity index is 569. The fraction of sp³-hybridized carbons (Fsp3) is 0.417. The number of hydrogen-bond acceptors (Lipinski definition) is 4. The molecule has 1 aromatic carbocycles. The normalized spacial score (nSPS) is 11.8. The summed E-state index contributed by atoms with van der Waals surface area (Å²) in [6.45, 7) is 0.555. The van der Waals surface area contributed by atoms with Gasteiger partial charge >= 0.3 is 5.97 Å². The number of hydrogen-bond donors (Lipinski definition) is 1. The maximum absolute atomic E-state index is 13.5. The van der Waals surface area contributed by atoms with E-state index >= 15 is 0 Å². The van der Waals surface area contributed by atoms with E-state index in [1.54, 1.807) is 14.1 Å². The summed E-state index contributed by atoms with van der Waals surface area (Å²) in [6, 6.07) is 2.77. The van der Waals surface area contributed by atoms with Crippen molar-refractivity contribution in [1.29, 1.82) is 0 Å². The molecule has 0 aliphatic rings. The van der Waals surface area contributed by atoms with Crippen LogP contribution in [0.15, 0.2) is 23.1 Å². The predicted molar refractivity (Wildman–Crippen MR) is 68.6 cm³/mol. The SMILES string of the molecule is CN(C)CCCS(=O)(=O)c1cc(C(=O)O)ccc1F. The van der Waals surface area contributed by atoms with Crippen LogP contribution in [0.5, 0.6) is 0 Å². The number of carboxylic acids is 1. The van der Waals surface area contributed by atoms with Crippen LogP contribution in [-0.2, 0) is 9.84 Å². The van der Waals surface area contributed by atoms with Gasteiger partial charge in [0.25, 0.3) is 0 Å². The Balaban J connectivity index is 3.00. The molecule has 106 valence electrons. The Kier molecular flexibility index (Phi) is 5.02. The smallest absolute Gasteiger partial charge is 0.335 e. The molecule has 0 unspecified atom stereocenters. The fourth-order valence-electron chi connectivity index (χ4n) is 1.56. The highest BCUT2D eigenvalue weighted by atomic mass is 32.2. The van der Waals surface area contributed by atoms with E-state index in [0.29, 0.717) is 13.0 Å². The molecular weight excluding hydrogens is 273 g/mol. The molecule has 0 atom stereocenters. The minimum Gasteiger partial charge on any atom is -0.478 e. The Morgan fingerprint density at radius 2 is 2.00 bits per heavy atom. The van der Waals surface area contributed by atoms with Crippen molar-refractivity contribution in [2.45, 2.75) is 11.3 Å². The molecule has 0 fully saturated rings. The summed E-state index contributed by atoms with van der Waals surface area (Å²) in [7, 11) is -0.200. The van der Waals surface area contributed by atoms with Gasteiger partial charge in [-0.15, -0.1) is 0 Å². The lowest BCUT2D eigenvalue weighted by atomic mass is 10.2. The highest BCUT2D eigenvalue weighted by Gasteiger charge is 2.20. The topological polar surface area (TPSA) is 74.7 Å². The molecule has 0 aliphatic carbocycles. The number of benzene rings is 1. The Morgan fingerprint density at radius 1 is 1.37 bits per heavy atom. The van der Waals surface area contributed by atoms with E-state index in [2.05, 4.69) is 0 Å². The second kappa shape index (κ2) is 6.12. The molecule has 5 nitrogen and oxygen atoms in total. The maximum Gasteiger partial charge on any atom is 0.335 e. The van der Waals surface area contributed by atoms with Gasteiger partial charge in [0.05, 0.1) is 11.3 Å². The van der Waals surface area contributed by atoms with Crippen molar-refractivity contribution in [2.24, 2.45) is 0 Å². The molecule has 0 bridgehead atoms. The van der Waals surface area contributed by atoms with Gasteiger partial charge < -0.3 is 10.0 Å². The zero-order chi connectivity index (χ0) is 14.6. The lowest BCUT2D eigenvalue weighted by molar-refractivity contribution is 0.0696. The number of rotatable bonds is 6. The average molecular weight is 289 g/mol. The van der Waals surface area contributed by atoms with Crippen LogP contribution in [0.4, 0.5) is 4.39 Å².